The number of benzene rings is 1. The maximum Gasteiger partial charge on any atom is 0.222 e. The van der Waals surface area contributed by atoms with Crippen LogP contribution < -0.4 is 0 Å². The van der Waals surface area contributed by atoms with Crippen molar-refractivity contribution >= 4 is 5.91 Å². The van der Waals surface area contributed by atoms with Gasteiger partial charge in [0.25, 0.3) is 0 Å². The largest absolute Gasteiger partial charge is 0.384 e. The van der Waals surface area contributed by atoms with Gasteiger partial charge in [-0.1, -0.05) is 50.2 Å². The van der Waals surface area contributed by atoms with Gasteiger partial charge in [-0.25, -0.2) is 0 Å². The van der Waals surface area contributed by atoms with Crippen LogP contribution in [0.5, 0.6) is 0 Å². The number of aliphatic hydroxyl groups excluding tert-OH is 1. The maximum atomic E-state index is 12.0. The summed E-state index contributed by atoms with van der Waals surface area (Å²) in [4.78, 5) is 13.8. The summed E-state index contributed by atoms with van der Waals surface area (Å²) in [6, 6.07) is 7.78. The Hall–Kier alpha value is -1.79. The molecule has 0 saturated carbocycles. The summed E-state index contributed by atoms with van der Waals surface area (Å²) >= 11 is 0. The highest BCUT2D eigenvalue weighted by molar-refractivity contribution is 5.75. The van der Waals surface area contributed by atoms with Crippen LogP contribution in [0.25, 0.3) is 0 Å². The molecule has 0 aliphatic carbocycles. The van der Waals surface area contributed by atoms with E-state index in [0.717, 1.165) is 24.0 Å². The summed E-state index contributed by atoms with van der Waals surface area (Å²) in [6.07, 6.45) is 5.14. The van der Waals surface area contributed by atoms with Gasteiger partial charge in [0.1, 0.15) is 6.61 Å². The van der Waals surface area contributed by atoms with E-state index < -0.39 is 0 Å². The number of aliphatic hydroxyl groups is 1. The van der Waals surface area contributed by atoms with E-state index in [0.29, 0.717) is 13.0 Å². The highest BCUT2D eigenvalue weighted by Gasteiger charge is 2.08. The number of rotatable bonds is 7. The molecule has 0 heterocycles. The first-order chi connectivity index (χ1) is 10.2. The monoisotopic (exact) mass is 287 g/mol. The van der Waals surface area contributed by atoms with Crippen molar-refractivity contribution in [2.24, 2.45) is 0 Å². The molecule has 0 radical (unpaired) electrons. The zero-order valence-electron chi connectivity index (χ0n) is 13.1. The van der Waals surface area contributed by atoms with E-state index in [1.165, 1.54) is 12.8 Å². The molecule has 21 heavy (non-hydrogen) atoms. The summed E-state index contributed by atoms with van der Waals surface area (Å²) < 4.78 is 0. The lowest BCUT2D eigenvalue weighted by atomic mass is 10.1. The van der Waals surface area contributed by atoms with Crippen molar-refractivity contribution in [3.63, 3.8) is 0 Å². The summed E-state index contributed by atoms with van der Waals surface area (Å²) in [5.74, 6) is 5.68. The van der Waals surface area contributed by atoms with Crippen LogP contribution >= 0.6 is 0 Å². The number of carbonyl (C=O) groups is 1. The second-order valence-electron chi connectivity index (χ2n) is 5.22. The molecular weight excluding hydrogens is 262 g/mol. The Bertz CT molecular complexity index is 482. The van der Waals surface area contributed by atoms with Gasteiger partial charge in [-0.3, -0.25) is 4.79 Å². The van der Waals surface area contributed by atoms with Gasteiger partial charge in [0.2, 0.25) is 5.91 Å². The number of carbonyl (C=O) groups excluding carboxylic acids is 1. The first-order valence-corrected chi connectivity index (χ1v) is 7.60. The van der Waals surface area contributed by atoms with Gasteiger partial charge in [0.15, 0.2) is 0 Å². The number of amides is 1. The van der Waals surface area contributed by atoms with Crippen molar-refractivity contribution in [2.75, 3.05) is 13.7 Å². The van der Waals surface area contributed by atoms with Crippen LogP contribution in [0.15, 0.2) is 24.3 Å². The van der Waals surface area contributed by atoms with Crippen LogP contribution in [0.2, 0.25) is 0 Å². The molecule has 1 aromatic carbocycles. The molecule has 0 unspecified atom stereocenters. The molecular formula is C18H25NO2. The molecule has 0 spiro atoms. The molecule has 114 valence electrons. The Balaban J connectivity index is 2.43. The van der Waals surface area contributed by atoms with Crippen molar-refractivity contribution in [3.8, 4) is 11.8 Å². The average molecular weight is 287 g/mol. The molecule has 0 fully saturated rings. The van der Waals surface area contributed by atoms with Crippen LogP contribution in [0.3, 0.4) is 0 Å². The highest BCUT2D eigenvalue weighted by Crippen LogP contribution is 2.09. The van der Waals surface area contributed by atoms with Crippen LogP contribution in [0.4, 0.5) is 0 Å². The van der Waals surface area contributed by atoms with Crippen molar-refractivity contribution < 1.29 is 9.90 Å². The standard InChI is InChI=1S/C18H25NO2/c1-3-4-5-6-9-18(21)19(2)15-17-12-10-16(11-13-17)8-7-14-20/h10-13,20H,3-6,9,14-15H2,1-2H3. The fourth-order valence-corrected chi connectivity index (χ4v) is 2.09. The van der Waals surface area contributed by atoms with Gasteiger partial charge in [0.05, 0.1) is 0 Å². The summed E-state index contributed by atoms with van der Waals surface area (Å²) in [5.41, 5.74) is 1.97. The molecule has 0 aliphatic rings. The Morgan fingerprint density at radius 3 is 2.52 bits per heavy atom. The van der Waals surface area contributed by atoms with Gasteiger partial charge in [-0.05, 0) is 24.1 Å². The summed E-state index contributed by atoms with van der Waals surface area (Å²) in [5, 5.41) is 8.65. The molecule has 0 saturated heterocycles. The van der Waals surface area contributed by atoms with Crippen molar-refractivity contribution in [1.29, 1.82) is 0 Å². The third kappa shape index (κ3) is 6.97. The zero-order valence-corrected chi connectivity index (χ0v) is 13.1. The van der Waals surface area contributed by atoms with E-state index in [9.17, 15) is 4.79 Å². The Kier molecular flexibility index (Phi) is 8.23. The minimum absolute atomic E-state index is 0.128. The molecule has 1 N–H and O–H groups in total. The highest BCUT2D eigenvalue weighted by atomic mass is 16.2. The second kappa shape index (κ2) is 10.0. The summed E-state index contributed by atoms with van der Waals surface area (Å²) in [6.45, 7) is 2.67. The Morgan fingerprint density at radius 1 is 1.19 bits per heavy atom. The van der Waals surface area contributed by atoms with E-state index in [1.807, 2.05) is 31.3 Å². The number of hydrogen-bond acceptors (Lipinski definition) is 2. The van der Waals surface area contributed by atoms with E-state index in [-0.39, 0.29) is 12.5 Å². The van der Waals surface area contributed by atoms with E-state index in [1.54, 1.807) is 4.90 Å². The topological polar surface area (TPSA) is 40.5 Å². The van der Waals surface area contributed by atoms with E-state index in [2.05, 4.69) is 18.8 Å². The maximum absolute atomic E-state index is 12.0. The summed E-state index contributed by atoms with van der Waals surface area (Å²) in [7, 11) is 1.85. The quantitative estimate of drug-likeness (QED) is 0.619. The normalized spacial score (nSPS) is 9.86. The number of hydrogen-bond donors (Lipinski definition) is 1. The van der Waals surface area contributed by atoms with Crippen LogP contribution in [0, 0.1) is 11.8 Å². The number of nitrogens with zero attached hydrogens (tertiary/aromatic N) is 1. The molecule has 1 aromatic rings. The molecule has 0 bridgehead atoms. The second-order valence-corrected chi connectivity index (χ2v) is 5.22. The Morgan fingerprint density at radius 2 is 1.90 bits per heavy atom. The van der Waals surface area contributed by atoms with Crippen molar-refractivity contribution in [2.45, 2.75) is 45.6 Å². The smallest absolute Gasteiger partial charge is 0.222 e. The van der Waals surface area contributed by atoms with Gasteiger partial charge >= 0.3 is 0 Å². The SMILES string of the molecule is CCCCCCC(=O)N(C)Cc1ccc(C#CCO)cc1. The van der Waals surface area contributed by atoms with Crippen LogP contribution in [-0.4, -0.2) is 29.6 Å². The van der Waals surface area contributed by atoms with Gasteiger partial charge in [0, 0.05) is 25.6 Å². The lowest BCUT2D eigenvalue weighted by Crippen LogP contribution is -2.25. The minimum atomic E-state index is -0.128. The third-order valence-corrected chi connectivity index (χ3v) is 3.36. The molecule has 1 rings (SSSR count). The van der Waals surface area contributed by atoms with Gasteiger partial charge < -0.3 is 10.0 Å². The predicted molar refractivity (Wildman–Crippen MR) is 85.6 cm³/mol. The Labute approximate surface area is 128 Å². The van der Waals surface area contributed by atoms with Crippen LogP contribution in [0.1, 0.15) is 50.2 Å². The van der Waals surface area contributed by atoms with E-state index >= 15 is 0 Å². The molecule has 1 amide bonds. The van der Waals surface area contributed by atoms with Crippen molar-refractivity contribution in [1.82, 2.24) is 4.90 Å². The fraction of sp³-hybridized carbons (Fsp3) is 0.500. The lowest BCUT2D eigenvalue weighted by molar-refractivity contribution is -0.130. The molecule has 3 nitrogen and oxygen atoms in total. The molecule has 0 aromatic heterocycles. The van der Waals surface area contributed by atoms with Crippen LogP contribution in [-0.2, 0) is 11.3 Å². The lowest BCUT2D eigenvalue weighted by Gasteiger charge is -2.17. The molecule has 3 heteroatoms. The molecule has 0 atom stereocenters. The van der Waals surface area contributed by atoms with E-state index in [4.69, 9.17) is 5.11 Å². The minimum Gasteiger partial charge on any atom is -0.384 e. The first-order valence-electron chi connectivity index (χ1n) is 7.60. The third-order valence-electron chi connectivity index (χ3n) is 3.36. The predicted octanol–water partition coefficient (Wildman–Crippen LogP) is 2.96. The van der Waals surface area contributed by atoms with Gasteiger partial charge in [-0.2, -0.15) is 0 Å². The average Bonchev–Trinajstić information content (AvgIpc) is 2.50. The zero-order chi connectivity index (χ0) is 15.5. The molecule has 0 aliphatic heterocycles. The first kappa shape index (κ1) is 17.3. The fourth-order valence-electron chi connectivity index (χ4n) is 2.09. The number of unbranched alkanes of at least 4 members (excludes halogenated alkanes) is 3. The van der Waals surface area contributed by atoms with Crippen molar-refractivity contribution in [3.05, 3.63) is 35.4 Å². The van der Waals surface area contributed by atoms with Gasteiger partial charge in [-0.15, -0.1) is 0 Å².